The van der Waals surface area contributed by atoms with Gasteiger partial charge in [0.15, 0.2) is 0 Å². The highest BCUT2D eigenvalue weighted by Crippen LogP contribution is 2.43. The first-order chi connectivity index (χ1) is 13.0. The summed E-state index contributed by atoms with van der Waals surface area (Å²) in [4.78, 5) is 16.3. The molecule has 0 fully saturated rings. The third-order valence-corrected chi connectivity index (χ3v) is 5.70. The van der Waals surface area contributed by atoms with Gasteiger partial charge < -0.3 is 10.4 Å². The lowest BCUT2D eigenvalue weighted by Gasteiger charge is -2.30. The van der Waals surface area contributed by atoms with Crippen LogP contribution in [0.5, 0.6) is 0 Å². The van der Waals surface area contributed by atoms with E-state index in [1.54, 1.807) is 0 Å². The molecule has 2 aromatic rings. The number of aromatic nitrogens is 1. The number of nitrogens with zero attached hydrogens (tertiary/aromatic N) is 1. The number of alkyl halides is 3. The van der Waals surface area contributed by atoms with E-state index >= 15 is 0 Å². The zero-order chi connectivity index (χ0) is 21.1. The van der Waals surface area contributed by atoms with E-state index in [0.29, 0.717) is 17.0 Å². The highest BCUT2D eigenvalue weighted by molar-refractivity contribution is 7.09. The second kappa shape index (κ2) is 8.61. The Hall–Kier alpha value is -1.93. The summed E-state index contributed by atoms with van der Waals surface area (Å²) in [5.41, 5.74) is -1.02. The molecule has 1 heterocycles. The molecule has 2 rings (SSSR count). The van der Waals surface area contributed by atoms with Crippen molar-refractivity contribution in [3.8, 4) is 0 Å². The number of hydrogen-bond acceptors (Lipinski definition) is 4. The zero-order valence-corrected chi connectivity index (χ0v) is 17.1. The minimum absolute atomic E-state index is 0.0440. The fourth-order valence-corrected chi connectivity index (χ4v) is 3.81. The van der Waals surface area contributed by atoms with Crippen LogP contribution in [0, 0.1) is 12.8 Å². The monoisotopic (exact) mass is 414 g/mol. The van der Waals surface area contributed by atoms with E-state index in [4.69, 9.17) is 0 Å². The topological polar surface area (TPSA) is 62.2 Å². The minimum Gasteiger partial charge on any atom is -0.374 e. The zero-order valence-electron chi connectivity index (χ0n) is 16.3. The maximum absolute atomic E-state index is 13.6. The molecule has 8 heteroatoms. The van der Waals surface area contributed by atoms with Gasteiger partial charge in [0.1, 0.15) is 5.01 Å². The second-order valence-electron chi connectivity index (χ2n) is 7.21. The first-order valence-electron chi connectivity index (χ1n) is 9.07. The van der Waals surface area contributed by atoms with Crippen LogP contribution in [0.4, 0.5) is 13.2 Å². The molecule has 1 aromatic carbocycles. The molecule has 0 aliphatic rings. The number of hydrogen-bond donors (Lipinski definition) is 2. The van der Waals surface area contributed by atoms with Crippen molar-refractivity contribution in [1.82, 2.24) is 10.3 Å². The second-order valence-corrected chi connectivity index (χ2v) is 8.07. The molecule has 1 amide bonds. The van der Waals surface area contributed by atoms with Crippen LogP contribution in [0.15, 0.2) is 29.6 Å². The molecule has 0 aliphatic carbocycles. The van der Waals surface area contributed by atoms with E-state index in [1.165, 1.54) is 12.3 Å². The first-order valence-corrected chi connectivity index (χ1v) is 9.95. The summed E-state index contributed by atoms with van der Waals surface area (Å²) in [6, 6.07) is 7.13. The molecule has 0 bridgehead atoms. The molecule has 0 saturated heterocycles. The van der Waals surface area contributed by atoms with Crippen molar-refractivity contribution in [3.05, 3.63) is 51.5 Å². The maximum atomic E-state index is 13.6. The minimum atomic E-state index is -5.02. The molecule has 4 nitrogen and oxygen atoms in total. The van der Waals surface area contributed by atoms with E-state index < -0.39 is 35.2 Å². The average molecular weight is 414 g/mol. The van der Waals surface area contributed by atoms with Crippen molar-refractivity contribution >= 4 is 17.2 Å². The van der Waals surface area contributed by atoms with Gasteiger partial charge in [0.2, 0.25) is 11.5 Å². The van der Waals surface area contributed by atoms with Crippen LogP contribution in [0.1, 0.15) is 55.1 Å². The molecule has 0 saturated carbocycles. The predicted octanol–water partition coefficient (Wildman–Crippen LogP) is 4.67. The Labute approximate surface area is 166 Å². The van der Waals surface area contributed by atoms with E-state index in [1.807, 2.05) is 45.0 Å². The van der Waals surface area contributed by atoms with Gasteiger partial charge in [-0.3, -0.25) is 4.79 Å². The smallest absolute Gasteiger partial charge is 0.374 e. The number of aliphatic hydroxyl groups is 1. The Kier molecular flexibility index (Phi) is 6.88. The summed E-state index contributed by atoms with van der Waals surface area (Å²) in [5, 5.41) is 13.9. The fourth-order valence-electron chi connectivity index (χ4n) is 2.89. The normalized spacial score (nSPS) is 15.3. The summed E-state index contributed by atoms with van der Waals surface area (Å²) in [6.45, 7) is 7.30. The third kappa shape index (κ3) is 4.91. The number of rotatable bonds is 7. The molecule has 0 radical (unpaired) electrons. The molecule has 154 valence electrons. The van der Waals surface area contributed by atoms with Crippen molar-refractivity contribution < 1.29 is 23.1 Å². The predicted molar refractivity (Wildman–Crippen MR) is 103 cm³/mol. The van der Waals surface area contributed by atoms with Gasteiger partial charge in [-0.05, 0) is 30.4 Å². The Bertz CT molecular complexity index is 803. The van der Waals surface area contributed by atoms with Gasteiger partial charge in [-0.15, -0.1) is 11.3 Å². The number of benzene rings is 1. The van der Waals surface area contributed by atoms with Crippen LogP contribution in [0.3, 0.4) is 0 Å². The van der Waals surface area contributed by atoms with Crippen LogP contribution in [0.25, 0.3) is 0 Å². The van der Waals surface area contributed by atoms with Crippen molar-refractivity contribution in [2.45, 2.75) is 58.4 Å². The Morgan fingerprint density at radius 1 is 1.25 bits per heavy atom. The van der Waals surface area contributed by atoms with Gasteiger partial charge in [-0.2, -0.15) is 13.2 Å². The van der Waals surface area contributed by atoms with E-state index in [-0.39, 0.29) is 5.92 Å². The van der Waals surface area contributed by atoms with Crippen LogP contribution in [-0.4, -0.2) is 22.2 Å². The molecule has 0 aliphatic heterocycles. The van der Waals surface area contributed by atoms with Gasteiger partial charge in [0.05, 0.1) is 12.5 Å². The van der Waals surface area contributed by atoms with Gasteiger partial charge >= 0.3 is 6.18 Å². The summed E-state index contributed by atoms with van der Waals surface area (Å²) in [7, 11) is 0. The Morgan fingerprint density at radius 2 is 1.86 bits per heavy atom. The van der Waals surface area contributed by atoms with E-state index in [2.05, 4.69) is 10.3 Å². The maximum Gasteiger partial charge on any atom is 0.424 e. The van der Waals surface area contributed by atoms with Crippen LogP contribution in [-0.2, 0) is 16.8 Å². The molecule has 2 N–H and O–H groups in total. The number of amides is 1. The standard InChI is InChI=1S/C20H25F3N2O2S/c1-5-14-6-8-15(9-7-14)17(12(2)3)25-16(26)10-19(27,20(21,22)23)18-24-13(4)11-28-18/h6-9,11-12,17,27H,5,10H2,1-4H3,(H,25,26)/t17-,19-/m0/s1. The highest BCUT2D eigenvalue weighted by Gasteiger charge is 2.58. The number of nitrogens with one attached hydrogen (secondary N) is 1. The number of carbonyl (C=O) groups excluding carboxylic acids is 1. The van der Waals surface area contributed by atoms with Crippen molar-refractivity contribution in [2.24, 2.45) is 5.92 Å². The van der Waals surface area contributed by atoms with Crippen molar-refractivity contribution in [3.63, 3.8) is 0 Å². The average Bonchev–Trinajstić information content (AvgIpc) is 3.05. The number of carbonyl (C=O) groups is 1. The van der Waals surface area contributed by atoms with Gasteiger partial charge in [-0.25, -0.2) is 4.98 Å². The van der Waals surface area contributed by atoms with Gasteiger partial charge in [0.25, 0.3) is 0 Å². The largest absolute Gasteiger partial charge is 0.424 e. The summed E-state index contributed by atoms with van der Waals surface area (Å²) in [6.07, 6.45) is -5.30. The SMILES string of the molecule is CCc1ccc([C@@H](NC(=O)C[C@](O)(c2nc(C)cs2)C(F)(F)F)C(C)C)cc1. The molecule has 2 atom stereocenters. The Morgan fingerprint density at radius 3 is 2.29 bits per heavy atom. The molecule has 0 unspecified atom stereocenters. The first kappa shape index (κ1) is 22.4. The number of halogens is 3. The highest BCUT2D eigenvalue weighted by atomic mass is 32.1. The van der Waals surface area contributed by atoms with Crippen LogP contribution in [0.2, 0.25) is 0 Å². The van der Waals surface area contributed by atoms with Crippen molar-refractivity contribution in [1.29, 1.82) is 0 Å². The molecule has 0 spiro atoms. The lowest BCUT2D eigenvalue weighted by atomic mass is 9.93. The third-order valence-electron chi connectivity index (χ3n) is 4.59. The number of aryl methyl sites for hydroxylation is 2. The van der Waals surface area contributed by atoms with Crippen molar-refractivity contribution in [2.75, 3.05) is 0 Å². The lowest BCUT2D eigenvalue weighted by Crippen LogP contribution is -2.47. The van der Waals surface area contributed by atoms with E-state index in [9.17, 15) is 23.1 Å². The summed E-state index contributed by atoms with van der Waals surface area (Å²) >= 11 is 0.690. The lowest BCUT2D eigenvalue weighted by molar-refractivity contribution is -0.267. The molecule has 28 heavy (non-hydrogen) atoms. The molecular formula is C20H25F3N2O2S. The summed E-state index contributed by atoms with van der Waals surface area (Å²) in [5.74, 6) is -0.927. The summed E-state index contributed by atoms with van der Waals surface area (Å²) < 4.78 is 40.8. The Balaban J connectivity index is 2.24. The number of thiazole rings is 1. The van der Waals surface area contributed by atoms with E-state index in [0.717, 1.165) is 17.5 Å². The molecular weight excluding hydrogens is 389 g/mol. The molecule has 1 aromatic heterocycles. The van der Waals surface area contributed by atoms with Crippen LogP contribution < -0.4 is 5.32 Å². The van der Waals surface area contributed by atoms with Gasteiger partial charge in [-0.1, -0.05) is 45.0 Å². The van der Waals surface area contributed by atoms with Gasteiger partial charge in [0, 0.05) is 11.1 Å². The quantitative estimate of drug-likeness (QED) is 0.692. The fraction of sp³-hybridized carbons (Fsp3) is 0.500. The van der Waals surface area contributed by atoms with Crippen LogP contribution >= 0.6 is 11.3 Å².